The molecule has 0 spiro atoms. The highest BCUT2D eigenvalue weighted by Crippen LogP contribution is 2.30. The maximum absolute atomic E-state index is 12.5. The Morgan fingerprint density at radius 2 is 1.39 bits per heavy atom. The predicted octanol–water partition coefficient (Wildman–Crippen LogP) is 5.40. The average molecular weight is 483 g/mol. The van der Waals surface area contributed by atoms with E-state index in [4.69, 9.17) is 4.74 Å². The Bertz CT molecular complexity index is 867. The molecule has 2 aromatic carbocycles. The summed E-state index contributed by atoms with van der Waals surface area (Å²) in [6, 6.07) is 11.2. The first kappa shape index (κ1) is 25.4. The molecule has 2 saturated heterocycles. The number of amides is 2. The maximum Gasteiger partial charge on any atom is 0.416 e. The molecule has 2 amide bonds. The fourth-order valence-electron chi connectivity index (χ4n) is 3.22. The normalized spacial score (nSPS) is 17.2. The molecule has 2 heterocycles. The topological polar surface area (TPSA) is 56.8 Å². The number of nitrogens with one attached hydrogen (secondary N) is 2. The van der Waals surface area contributed by atoms with Crippen molar-refractivity contribution in [1.29, 1.82) is 0 Å². The summed E-state index contributed by atoms with van der Waals surface area (Å²) in [6.45, 7) is 6.19. The summed E-state index contributed by atoms with van der Waals surface area (Å²) in [5, 5.41) is 5.17. The van der Waals surface area contributed by atoms with Crippen LogP contribution in [-0.2, 0) is 10.9 Å². The summed E-state index contributed by atoms with van der Waals surface area (Å²) < 4.78 is 45.0. The van der Waals surface area contributed by atoms with Crippen LogP contribution in [0.3, 0.4) is 0 Å². The third-order valence-electron chi connectivity index (χ3n) is 5.12. The van der Waals surface area contributed by atoms with Crippen molar-refractivity contribution in [1.82, 2.24) is 9.21 Å². The van der Waals surface area contributed by atoms with Crippen molar-refractivity contribution in [3.05, 3.63) is 54.1 Å². The molecule has 2 aliphatic rings. The highest BCUT2D eigenvalue weighted by atomic mass is 32.2. The van der Waals surface area contributed by atoms with Gasteiger partial charge in [-0.05, 0) is 80.4 Å². The van der Waals surface area contributed by atoms with Crippen LogP contribution in [0.4, 0.5) is 29.3 Å². The minimum absolute atomic E-state index is 0.289. The summed E-state index contributed by atoms with van der Waals surface area (Å²) in [7, 11) is 2.11. The summed E-state index contributed by atoms with van der Waals surface area (Å²) in [5.41, 5.74) is 0.145. The Kier molecular flexibility index (Phi) is 9.42. The first-order chi connectivity index (χ1) is 15.8. The Hall–Kier alpha value is -2.27. The van der Waals surface area contributed by atoms with Gasteiger partial charge in [-0.1, -0.05) is 0 Å². The van der Waals surface area contributed by atoms with Crippen molar-refractivity contribution >= 4 is 29.4 Å². The standard InChI is InChI=1S/C18H18F3N3OS.C5H11NO/c19-18(20,21)13-3-5-14(6-4-13)22-17(25)23-15-7-9-16(10-8-15)26-24-11-1-2-12-24;1-6-2-4-7-5-3-6/h3-10H,1-2,11-12H2,(H2,22,23,25);2-5H2,1H3. The van der Waals surface area contributed by atoms with E-state index in [2.05, 4.69) is 26.9 Å². The van der Waals surface area contributed by atoms with E-state index in [1.54, 1.807) is 24.1 Å². The van der Waals surface area contributed by atoms with Crippen LogP contribution in [0.5, 0.6) is 0 Å². The molecule has 2 aliphatic heterocycles. The van der Waals surface area contributed by atoms with Gasteiger partial charge in [0.1, 0.15) is 0 Å². The summed E-state index contributed by atoms with van der Waals surface area (Å²) in [5.74, 6) is 0. The number of halogens is 3. The molecule has 2 aromatic rings. The first-order valence-electron chi connectivity index (χ1n) is 10.8. The zero-order chi connectivity index (χ0) is 23.7. The first-order valence-corrected chi connectivity index (χ1v) is 11.6. The van der Waals surface area contributed by atoms with Crippen molar-refractivity contribution in [2.75, 3.05) is 57.1 Å². The van der Waals surface area contributed by atoms with Crippen molar-refractivity contribution in [3.8, 4) is 0 Å². The van der Waals surface area contributed by atoms with E-state index in [0.29, 0.717) is 5.69 Å². The highest BCUT2D eigenvalue weighted by Gasteiger charge is 2.30. The molecule has 180 valence electrons. The smallest absolute Gasteiger partial charge is 0.379 e. The fourth-order valence-corrected chi connectivity index (χ4v) is 4.21. The number of likely N-dealkylation sites (N-methyl/N-ethyl adjacent to an activating group) is 1. The van der Waals surface area contributed by atoms with Gasteiger partial charge in [-0.15, -0.1) is 0 Å². The molecule has 0 bridgehead atoms. The number of morpholine rings is 1. The zero-order valence-electron chi connectivity index (χ0n) is 18.5. The van der Waals surface area contributed by atoms with Crippen molar-refractivity contribution < 1.29 is 22.7 Å². The van der Waals surface area contributed by atoms with E-state index in [9.17, 15) is 18.0 Å². The van der Waals surface area contributed by atoms with Crippen LogP contribution < -0.4 is 10.6 Å². The van der Waals surface area contributed by atoms with E-state index < -0.39 is 17.8 Å². The lowest BCUT2D eigenvalue weighted by Gasteiger charge is -2.21. The molecule has 0 aromatic heterocycles. The van der Waals surface area contributed by atoms with Gasteiger partial charge in [-0.3, -0.25) is 0 Å². The van der Waals surface area contributed by atoms with Gasteiger partial charge in [0.25, 0.3) is 0 Å². The van der Waals surface area contributed by atoms with Gasteiger partial charge in [0, 0.05) is 42.4 Å². The number of nitrogens with zero attached hydrogens (tertiary/aromatic N) is 2. The average Bonchev–Trinajstić information content (AvgIpc) is 3.29. The van der Waals surface area contributed by atoms with Crippen LogP contribution >= 0.6 is 11.9 Å². The lowest BCUT2D eigenvalue weighted by molar-refractivity contribution is -0.137. The van der Waals surface area contributed by atoms with Crippen molar-refractivity contribution in [2.45, 2.75) is 23.9 Å². The number of ether oxygens (including phenoxy) is 1. The lowest BCUT2D eigenvalue weighted by atomic mass is 10.2. The van der Waals surface area contributed by atoms with Crippen LogP contribution in [0.15, 0.2) is 53.4 Å². The highest BCUT2D eigenvalue weighted by molar-refractivity contribution is 7.97. The SMILES string of the molecule is CN1CCOCC1.O=C(Nc1ccc(SN2CCCC2)cc1)Nc1ccc(C(F)(F)F)cc1. The molecule has 33 heavy (non-hydrogen) atoms. The van der Waals surface area contributed by atoms with Gasteiger partial charge in [-0.2, -0.15) is 13.2 Å². The number of carbonyl (C=O) groups excluding carboxylic acids is 1. The van der Waals surface area contributed by atoms with Crippen LogP contribution in [-0.4, -0.2) is 61.7 Å². The van der Waals surface area contributed by atoms with Crippen molar-refractivity contribution in [2.24, 2.45) is 0 Å². The summed E-state index contributed by atoms with van der Waals surface area (Å²) in [4.78, 5) is 15.3. The zero-order valence-corrected chi connectivity index (χ0v) is 19.3. The van der Waals surface area contributed by atoms with E-state index in [1.165, 1.54) is 25.0 Å². The van der Waals surface area contributed by atoms with Gasteiger partial charge in [0.05, 0.1) is 18.8 Å². The fraction of sp³-hybridized carbons (Fsp3) is 0.435. The number of anilines is 2. The number of hydrogen-bond acceptors (Lipinski definition) is 5. The van der Waals surface area contributed by atoms with Crippen LogP contribution in [0.25, 0.3) is 0 Å². The maximum atomic E-state index is 12.5. The van der Waals surface area contributed by atoms with Crippen LogP contribution in [0.1, 0.15) is 18.4 Å². The second-order valence-electron chi connectivity index (χ2n) is 7.82. The number of carbonyl (C=O) groups is 1. The quantitative estimate of drug-likeness (QED) is 0.572. The third-order valence-corrected chi connectivity index (χ3v) is 6.22. The molecule has 0 saturated carbocycles. The van der Waals surface area contributed by atoms with Crippen LogP contribution in [0.2, 0.25) is 0 Å². The third kappa shape index (κ3) is 8.88. The molecular weight excluding hydrogens is 453 g/mol. The molecule has 2 N–H and O–H groups in total. The number of rotatable bonds is 4. The molecule has 0 atom stereocenters. The summed E-state index contributed by atoms with van der Waals surface area (Å²) in [6.07, 6.45) is -1.96. The number of alkyl halides is 3. The molecule has 0 aliphatic carbocycles. The van der Waals surface area contributed by atoms with Crippen molar-refractivity contribution in [3.63, 3.8) is 0 Å². The van der Waals surface area contributed by atoms with Gasteiger partial charge >= 0.3 is 12.2 Å². The molecule has 0 radical (unpaired) electrons. The number of urea groups is 1. The second kappa shape index (κ2) is 12.3. The largest absolute Gasteiger partial charge is 0.416 e. The van der Waals surface area contributed by atoms with Gasteiger partial charge in [0.15, 0.2) is 0 Å². The Labute approximate surface area is 196 Å². The van der Waals surface area contributed by atoms with E-state index >= 15 is 0 Å². The van der Waals surface area contributed by atoms with Gasteiger partial charge in [0.2, 0.25) is 0 Å². The minimum atomic E-state index is -4.39. The molecular formula is C23H29F3N4O2S. The lowest BCUT2D eigenvalue weighted by Crippen LogP contribution is -2.32. The molecule has 2 fully saturated rings. The van der Waals surface area contributed by atoms with Crippen LogP contribution in [0, 0.1) is 0 Å². The number of benzene rings is 2. The second-order valence-corrected chi connectivity index (χ2v) is 8.99. The summed E-state index contributed by atoms with van der Waals surface area (Å²) >= 11 is 1.70. The number of hydrogen-bond donors (Lipinski definition) is 2. The van der Waals surface area contributed by atoms with Gasteiger partial charge < -0.3 is 20.3 Å². The molecule has 6 nitrogen and oxygen atoms in total. The molecule has 10 heteroatoms. The Balaban J connectivity index is 0.000000374. The molecule has 4 rings (SSSR count). The van der Waals surface area contributed by atoms with E-state index in [0.717, 1.165) is 56.4 Å². The monoisotopic (exact) mass is 482 g/mol. The molecule has 0 unspecified atom stereocenters. The van der Waals surface area contributed by atoms with E-state index in [1.807, 2.05) is 12.1 Å². The predicted molar refractivity (Wildman–Crippen MR) is 126 cm³/mol. The Morgan fingerprint density at radius 3 is 1.85 bits per heavy atom. The van der Waals surface area contributed by atoms with Gasteiger partial charge in [-0.25, -0.2) is 9.10 Å². The Morgan fingerprint density at radius 1 is 0.879 bits per heavy atom. The van der Waals surface area contributed by atoms with E-state index in [-0.39, 0.29) is 5.69 Å². The minimum Gasteiger partial charge on any atom is -0.379 e.